The van der Waals surface area contributed by atoms with Crippen molar-refractivity contribution in [3.8, 4) is 0 Å². The molecule has 2 atom stereocenters. The van der Waals surface area contributed by atoms with Gasteiger partial charge in [-0.1, -0.05) is 0 Å². The molecule has 6 nitrogen and oxygen atoms in total. The Morgan fingerprint density at radius 1 is 1.53 bits per heavy atom. The molecule has 0 saturated carbocycles. The molecule has 2 aliphatic heterocycles. The van der Waals surface area contributed by atoms with Gasteiger partial charge in [-0.05, 0) is 25.8 Å². The highest BCUT2D eigenvalue weighted by atomic mass is 16.4. The molecule has 104 valence electrons. The van der Waals surface area contributed by atoms with Gasteiger partial charge in [0.25, 0.3) is 0 Å². The summed E-state index contributed by atoms with van der Waals surface area (Å²) >= 11 is 0. The molecule has 6 heteroatoms. The number of hydrogen-bond acceptors (Lipinski definition) is 4. The molecule has 0 aliphatic carbocycles. The predicted octanol–water partition coefficient (Wildman–Crippen LogP) is 0.445. The lowest BCUT2D eigenvalue weighted by Gasteiger charge is -2.21. The first-order chi connectivity index (χ1) is 9.16. The van der Waals surface area contributed by atoms with Crippen LogP contribution in [0.25, 0.3) is 0 Å². The first-order valence-corrected chi connectivity index (χ1v) is 6.88. The fourth-order valence-corrected chi connectivity index (χ4v) is 3.40. The SMILES string of the molecule is Cn1ncc(C(=O)O)c1CNC1CCN2CCCC12. The zero-order chi connectivity index (χ0) is 13.4. The van der Waals surface area contributed by atoms with Crippen molar-refractivity contribution in [2.24, 2.45) is 7.05 Å². The third kappa shape index (κ3) is 2.26. The Morgan fingerprint density at radius 3 is 3.16 bits per heavy atom. The molecule has 0 amide bonds. The summed E-state index contributed by atoms with van der Waals surface area (Å²) in [5, 5.41) is 16.7. The molecule has 2 fully saturated rings. The summed E-state index contributed by atoms with van der Waals surface area (Å²) in [4.78, 5) is 13.7. The second-order valence-electron chi connectivity index (χ2n) is 5.46. The largest absolute Gasteiger partial charge is 0.478 e. The van der Waals surface area contributed by atoms with Crippen molar-refractivity contribution in [3.05, 3.63) is 17.5 Å². The number of nitrogens with one attached hydrogen (secondary N) is 1. The molecule has 2 unspecified atom stereocenters. The van der Waals surface area contributed by atoms with Gasteiger partial charge >= 0.3 is 5.97 Å². The van der Waals surface area contributed by atoms with E-state index in [0.29, 0.717) is 24.2 Å². The van der Waals surface area contributed by atoms with E-state index in [1.165, 1.54) is 32.1 Å². The van der Waals surface area contributed by atoms with Crippen LogP contribution in [0.3, 0.4) is 0 Å². The quantitative estimate of drug-likeness (QED) is 0.826. The van der Waals surface area contributed by atoms with Gasteiger partial charge in [0.05, 0.1) is 11.9 Å². The second kappa shape index (κ2) is 4.94. The Kier molecular flexibility index (Phi) is 3.28. The van der Waals surface area contributed by atoms with Crippen LogP contribution in [0.2, 0.25) is 0 Å². The van der Waals surface area contributed by atoms with Gasteiger partial charge < -0.3 is 10.4 Å². The van der Waals surface area contributed by atoms with E-state index in [1.54, 1.807) is 11.7 Å². The summed E-state index contributed by atoms with van der Waals surface area (Å²) < 4.78 is 1.65. The highest BCUT2D eigenvalue weighted by Gasteiger charge is 2.36. The molecule has 19 heavy (non-hydrogen) atoms. The maximum atomic E-state index is 11.1. The first-order valence-electron chi connectivity index (χ1n) is 6.88. The highest BCUT2D eigenvalue weighted by molar-refractivity contribution is 5.88. The number of aromatic carboxylic acids is 1. The third-order valence-electron chi connectivity index (χ3n) is 4.43. The molecule has 3 rings (SSSR count). The molecule has 2 N–H and O–H groups in total. The maximum Gasteiger partial charge on any atom is 0.339 e. The standard InChI is InChI=1S/C13H20N4O2/c1-16-12(9(7-15-16)13(18)19)8-14-10-4-6-17-5-2-3-11(10)17/h7,10-11,14H,2-6,8H2,1H3,(H,18,19). The molecule has 0 bridgehead atoms. The predicted molar refractivity (Wildman–Crippen MR) is 70.0 cm³/mol. The van der Waals surface area contributed by atoms with E-state index in [2.05, 4.69) is 15.3 Å². The van der Waals surface area contributed by atoms with Crippen molar-refractivity contribution in [3.63, 3.8) is 0 Å². The lowest BCUT2D eigenvalue weighted by Crippen LogP contribution is -2.39. The monoisotopic (exact) mass is 264 g/mol. The summed E-state index contributed by atoms with van der Waals surface area (Å²) in [7, 11) is 1.79. The minimum Gasteiger partial charge on any atom is -0.478 e. The Hall–Kier alpha value is -1.40. The van der Waals surface area contributed by atoms with Crippen molar-refractivity contribution in [1.82, 2.24) is 20.0 Å². The van der Waals surface area contributed by atoms with E-state index in [0.717, 1.165) is 12.1 Å². The van der Waals surface area contributed by atoms with E-state index in [-0.39, 0.29) is 0 Å². The van der Waals surface area contributed by atoms with Crippen molar-refractivity contribution >= 4 is 5.97 Å². The van der Waals surface area contributed by atoms with Crippen molar-refractivity contribution in [1.29, 1.82) is 0 Å². The van der Waals surface area contributed by atoms with Gasteiger partial charge in [-0.25, -0.2) is 4.79 Å². The average Bonchev–Trinajstić information content (AvgIpc) is 3.02. The van der Waals surface area contributed by atoms with Crippen molar-refractivity contribution < 1.29 is 9.90 Å². The van der Waals surface area contributed by atoms with E-state index in [9.17, 15) is 4.79 Å². The summed E-state index contributed by atoms with van der Waals surface area (Å²) in [5.41, 5.74) is 1.06. The average molecular weight is 264 g/mol. The summed E-state index contributed by atoms with van der Waals surface area (Å²) in [6, 6.07) is 1.13. The topological polar surface area (TPSA) is 70.4 Å². The molecule has 0 spiro atoms. The van der Waals surface area contributed by atoms with Gasteiger partial charge in [0.15, 0.2) is 0 Å². The smallest absolute Gasteiger partial charge is 0.339 e. The van der Waals surface area contributed by atoms with Crippen molar-refractivity contribution in [2.75, 3.05) is 13.1 Å². The van der Waals surface area contributed by atoms with Crippen LogP contribution in [-0.4, -0.2) is 50.9 Å². The molecule has 1 aromatic heterocycles. The Bertz CT molecular complexity index is 485. The lowest BCUT2D eigenvalue weighted by molar-refractivity contribution is 0.0695. The van der Waals surface area contributed by atoms with Crippen LogP contribution < -0.4 is 5.32 Å². The third-order valence-corrected chi connectivity index (χ3v) is 4.43. The molecule has 2 saturated heterocycles. The van der Waals surface area contributed by atoms with Crippen LogP contribution in [0.15, 0.2) is 6.20 Å². The fourth-order valence-electron chi connectivity index (χ4n) is 3.40. The van der Waals surface area contributed by atoms with Gasteiger partial charge in [0.2, 0.25) is 0 Å². The Balaban J connectivity index is 1.66. The number of rotatable bonds is 4. The van der Waals surface area contributed by atoms with Gasteiger partial charge in [-0.15, -0.1) is 0 Å². The molecule has 1 aromatic rings. The van der Waals surface area contributed by atoms with E-state index in [1.807, 2.05) is 0 Å². The van der Waals surface area contributed by atoms with Gasteiger partial charge in [-0.3, -0.25) is 9.58 Å². The fraction of sp³-hybridized carbons (Fsp3) is 0.692. The summed E-state index contributed by atoms with van der Waals surface area (Å²) in [5.74, 6) is -0.904. The number of carbonyl (C=O) groups is 1. The number of fused-ring (bicyclic) bond motifs is 1. The normalized spacial score (nSPS) is 26.8. The van der Waals surface area contributed by atoms with Crippen LogP contribution in [0.1, 0.15) is 35.3 Å². The maximum absolute atomic E-state index is 11.1. The molecule has 0 radical (unpaired) electrons. The van der Waals surface area contributed by atoms with Crippen molar-refractivity contribution in [2.45, 2.75) is 37.9 Å². The first kappa shape index (κ1) is 12.6. The number of nitrogens with zero attached hydrogens (tertiary/aromatic N) is 3. The Labute approximate surface area is 112 Å². The van der Waals surface area contributed by atoms with Crippen LogP contribution in [0.5, 0.6) is 0 Å². The minimum atomic E-state index is -0.904. The molecular formula is C13H20N4O2. The summed E-state index contributed by atoms with van der Waals surface area (Å²) in [6.45, 7) is 2.96. The zero-order valence-electron chi connectivity index (χ0n) is 11.2. The van der Waals surface area contributed by atoms with Crippen LogP contribution in [-0.2, 0) is 13.6 Å². The molecular weight excluding hydrogens is 244 g/mol. The van der Waals surface area contributed by atoms with Gasteiger partial charge in [-0.2, -0.15) is 5.10 Å². The zero-order valence-corrected chi connectivity index (χ0v) is 11.2. The number of aryl methyl sites for hydroxylation is 1. The van der Waals surface area contributed by atoms with Crippen LogP contribution >= 0.6 is 0 Å². The number of aromatic nitrogens is 2. The lowest BCUT2D eigenvalue weighted by atomic mass is 10.1. The van der Waals surface area contributed by atoms with Crippen LogP contribution in [0, 0.1) is 0 Å². The molecule has 0 aromatic carbocycles. The molecule has 2 aliphatic rings. The minimum absolute atomic E-state index is 0.302. The number of carboxylic acids is 1. The summed E-state index contributed by atoms with van der Waals surface area (Å²) in [6.07, 6.45) is 5.13. The highest BCUT2D eigenvalue weighted by Crippen LogP contribution is 2.28. The second-order valence-corrected chi connectivity index (χ2v) is 5.46. The van der Waals surface area contributed by atoms with E-state index < -0.39 is 5.97 Å². The number of carboxylic acid groups (broad SMARTS) is 1. The van der Waals surface area contributed by atoms with Gasteiger partial charge in [0.1, 0.15) is 5.56 Å². The number of hydrogen-bond donors (Lipinski definition) is 2. The van der Waals surface area contributed by atoms with Gasteiger partial charge in [0, 0.05) is 32.2 Å². The molecule has 3 heterocycles. The van der Waals surface area contributed by atoms with E-state index in [4.69, 9.17) is 5.11 Å². The Morgan fingerprint density at radius 2 is 2.37 bits per heavy atom. The van der Waals surface area contributed by atoms with E-state index >= 15 is 0 Å². The van der Waals surface area contributed by atoms with Crippen LogP contribution in [0.4, 0.5) is 0 Å².